The van der Waals surface area contributed by atoms with E-state index < -0.39 is 13.4 Å². The molecule has 0 spiro atoms. The van der Waals surface area contributed by atoms with Crippen molar-refractivity contribution in [2.75, 3.05) is 21.3 Å². The average Bonchev–Trinajstić information content (AvgIpc) is 2.13. The van der Waals surface area contributed by atoms with E-state index in [0.717, 1.165) is 6.42 Å². The molecule has 0 amide bonds. The Balaban J connectivity index is 4.33. The second-order valence-corrected chi connectivity index (χ2v) is 4.77. The van der Waals surface area contributed by atoms with Crippen LogP contribution in [0.15, 0.2) is 0 Å². The van der Waals surface area contributed by atoms with Crippen LogP contribution in [0.1, 0.15) is 19.8 Å². The summed E-state index contributed by atoms with van der Waals surface area (Å²) in [4.78, 5) is 0. The highest BCUT2D eigenvalue weighted by molar-refractivity contribution is 7.54. The van der Waals surface area contributed by atoms with Gasteiger partial charge in [-0.1, -0.05) is 13.3 Å². The number of hydrogen-bond donors (Lipinski definition) is 0. The van der Waals surface area contributed by atoms with Gasteiger partial charge in [-0.2, -0.15) is 0 Å². The smallest absolute Gasteiger partial charge is 0.358 e. The Kier molecular flexibility index (Phi) is 5.76. The van der Waals surface area contributed by atoms with Gasteiger partial charge in [-0.05, 0) is 6.42 Å². The second-order valence-electron chi connectivity index (χ2n) is 2.38. The fraction of sp³-hybridized carbons (Fsp3) is 1.00. The monoisotopic (exact) mass is 196 g/mol. The van der Waals surface area contributed by atoms with Crippen LogP contribution in [0.25, 0.3) is 0 Å². The summed E-state index contributed by atoms with van der Waals surface area (Å²) >= 11 is 0. The lowest BCUT2D eigenvalue weighted by Gasteiger charge is -2.22. The maximum absolute atomic E-state index is 11.7. The van der Waals surface area contributed by atoms with Crippen molar-refractivity contribution in [1.82, 2.24) is 0 Å². The van der Waals surface area contributed by atoms with Crippen molar-refractivity contribution in [2.24, 2.45) is 0 Å². The predicted octanol–water partition coefficient (Wildman–Crippen LogP) is 2.24. The summed E-state index contributed by atoms with van der Waals surface area (Å²) in [6.45, 7) is 1.99. The molecule has 5 heteroatoms. The molecular weight excluding hydrogens is 179 g/mol. The summed E-state index contributed by atoms with van der Waals surface area (Å²) in [5, 5.41) is 0. The Morgan fingerprint density at radius 1 is 1.25 bits per heavy atom. The molecule has 0 fully saturated rings. The van der Waals surface area contributed by atoms with E-state index in [9.17, 15) is 4.57 Å². The normalized spacial score (nSPS) is 14.7. The van der Waals surface area contributed by atoms with E-state index in [0.29, 0.717) is 6.42 Å². The van der Waals surface area contributed by atoms with Gasteiger partial charge in [0, 0.05) is 21.3 Å². The maximum Gasteiger partial charge on any atom is 0.358 e. The van der Waals surface area contributed by atoms with Crippen LogP contribution in [0, 0.1) is 0 Å². The first-order valence-corrected chi connectivity index (χ1v) is 5.49. The van der Waals surface area contributed by atoms with Crippen LogP contribution < -0.4 is 0 Å². The Hall–Kier alpha value is 0.110. The van der Waals surface area contributed by atoms with Crippen molar-refractivity contribution in [3.63, 3.8) is 0 Å². The third-order valence-electron chi connectivity index (χ3n) is 1.67. The Morgan fingerprint density at radius 2 is 1.75 bits per heavy atom. The molecule has 0 aliphatic heterocycles. The quantitative estimate of drug-likeness (QED) is 0.611. The minimum Gasteiger partial charge on any atom is -0.369 e. The van der Waals surface area contributed by atoms with E-state index in [2.05, 4.69) is 0 Å². The molecule has 0 aromatic carbocycles. The highest BCUT2D eigenvalue weighted by atomic mass is 31.2. The van der Waals surface area contributed by atoms with E-state index in [-0.39, 0.29) is 0 Å². The zero-order valence-corrected chi connectivity index (χ0v) is 8.97. The second kappa shape index (κ2) is 5.70. The van der Waals surface area contributed by atoms with E-state index in [4.69, 9.17) is 13.8 Å². The van der Waals surface area contributed by atoms with Crippen LogP contribution in [0.2, 0.25) is 0 Å². The van der Waals surface area contributed by atoms with Gasteiger partial charge in [0.2, 0.25) is 0 Å². The molecular formula is C7H17O4P. The molecule has 0 aromatic heterocycles. The molecule has 1 unspecified atom stereocenters. The van der Waals surface area contributed by atoms with Crippen LogP contribution in [0.4, 0.5) is 0 Å². The van der Waals surface area contributed by atoms with Gasteiger partial charge in [0.05, 0.1) is 0 Å². The van der Waals surface area contributed by atoms with Crippen molar-refractivity contribution in [1.29, 1.82) is 0 Å². The van der Waals surface area contributed by atoms with Crippen LogP contribution in [0.3, 0.4) is 0 Å². The lowest BCUT2D eigenvalue weighted by molar-refractivity contribution is 0.116. The first-order valence-electron chi connectivity index (χ1n) is 3.88. The summed E-state index contributed by atoms with van der Waals surface area (Å²) in [5.74, 6) is -0.447. The van der Waals surface area contributed by atoms with Crippen molar-refractivity contribution >= 4 is 7.60 Å². The molecule has 0 heterocycles. The molecule has 0 N–H and O–H groups in total. The van der Waals surface area contributed by atoms with Crippen LogP contribution in [-0.2, 0) is 18.3 Å². The minimum atomic E-state index is -3.03. The summed E-state index contributed by atoms with van der Waals surface area (Å²) in [5.41, 5.74) is 0. The third-order valence-corrected chi connectivity index (χ3v) is 3.86. The molecule has 0 aliphatic rings. The maximum atomic E-state index is 11.7. The highest BCUT2D eigenvalue weighted by Gasteiger charge is 2.33. The van der Waals surface area contributed by atoms with Crippen LogP contribution in [-0.4, -0.2) is 27.2 Å². The van der Waals surface area contributed by atoms with Gasteiger partial charge in [0.25, 0.3) is 0 Å². The molecule has 0 aliphatic carbocycles. The molecule has 0 radical (unpaired) electrons. The lowest BCUT2D eigenvalue weighted by atomic mass is 10.4. The number of ether oxygens (including phenoxy) is 1. The van der Waals surface area contributed by atoms with Gasteiger partial charge in [0.1, 0.15) is 0 Å². The van der Waals surface area contributed by atoms with Gasteiger partial charge < -0.3 is 13.8 Å². The van der Waals surface area contributed by atoms with Crippen LogP contribution in [0.5, 0.6) is 0 Å². The third kappa shape index (κ3) is 2.87. The van der Waals surface area contributed by atoms with Gasteiger partial charge in [0.15, 0.2) is 5.85 Å². The first-order chi connectivity index (χ1) is 5.64. The standard InChI is InChI=1S/C7H17O4P/c1-5-6-7(9-2)12(8,10-3)11-4/h7H,5-6H2,1-4H3. The molecule has 0 rings (SSSR count). The van der Waals surface area contributed by atoms with Gasteiger partial charge >= 0.3 is 7.60 Å². The minimum absolute atomic E-state index is 0.447. The van der Waals surface area contributed by atoms with E-state index in [1.807, 2.05) is 6.92 Å². The lowest BCUT2D eigenvalue weighted by Crippen LogP contribution is -2.13. The summed E-state index contributed by atoms with van der Waals surface area (Å²) < 4.78 is 26.3. The van der Waals surface area contributed by atoms with Gasteiger partial charge in [-0.3, -0.25) is 4.57 Å². The van der Waals surface area contributed by atoms with E-state index in [1.165, 1.54) is 21.3 Å². The summed E-state index contributed by atoms with van der Waals surface area (Å²) in [6, 6.07) is 0. The zero-order valence-electron chi connectivity index (χ0n) is 8.07. The van der Waals surface area contributed by atoms with Crippen molar-refractivity contribution in [2.45, 2.75) is 25.6 Å². The van der Waals surface area contributed by atoms with E-state index in [1.54, 1.807) is 0 Å². The van der Waals surface area contributed by atoms with Crippen molar-refractivity contribution in [3.8, 4) is 0 Å². The van der Waals surface area contributed by atoms with Crippen molar-refractivity contribution in [3.05, 3.63) is 0 Å². The fourth-order valence-corrected chi connectivity index (χ4v) is 2.41. The molecule has 74 valence electrons. The first kappa shape index (κ1) is 12.1. The molecule has 4 nitrogen and oxygen atoms in total. The number of methoxy groups -OCH3 is 1. The van der Waals surface area contributed by atoms with Crippen molar-refractivity contribution < 1.29 is 18.3 Å². The molecule has 0 aromatic rings. The summed E-state index contributed by atoms with van der Waals surface area (Å²) in [6.07, 6.45) is 1.56. The predicted molar refractivity (Wildman–Crippen MR) is 47.3 cm³/mol. The fourth-order valence-electron chi connectivity index (χ4n) is 0.962. The molecule has 0 saturated heterocycles. The zero-order chi connectivity index (χ0) is 9.61. The largest absolute Gasteiger partial charge is 0.369 e. The summed E-state index contributed by atoms with van der Waals surface area (Å²) in [7, 11) is 1.21. The van der Waals surface area contributed by atoms with E-state index >= 15 is 0 Å². The Labute approximate surface area is 73.7 Å². The Bertz CT molecular complexity index is 151. The number of hydrogen-bond acceptors (Lipinski definition) is 4. The highest BCUT2D eigenvalue weighted by Crippen LogP contribution is 2.53. The molecule has 0 saturated carbocycles. The average molecular weight is 196 g/mol. The molecule has 12 heavy (non-hydrogen) atoms. The van der Waals surface area contributed by atoms with Gasteiger partial charge in [-0.15, -0.1) is 0 Å². The molecule has 0 bridgehead atoms. The SMILES string of the molecule is CCCC(OC)P(=O)(OC)OC. The molecule has 1 atom stereocenters. The number of rotatable bonds is 6. The van der Waals surface area contributed by atoms with Gasteiger partial charge in [-0.25, -0.2) is 0 Å². The topological polar surface area (TPSA) is 44.8 Å². The Morgan fingerprint density at radius 3 is 2.00 bits per heavy atom. The van der Waals surface area contributed by atoms with Crippen LogP contribution >= 0.6 is 7.60 Å².